The Bertz CT molecular complexity index is 488. The van der Waals surface area contributed by atoms with Gasteiger partial charge in [0, 0.05) is 24.3 Å². The molecule has 3 aliphatic rings. The van der Waals surface area contributed by atoms with Gasteiger partial charge in [-0.2, -0.15) is 0 Å². The molecule has 0 N–H and O–H groups in total. The van der Waals surface area contributed by atoms with Crippen molar-refractivity contribution in [2.45, 2.75) is 39.2 Å². The zero-order valence-electron chi connectivity index (χ0n) is 10.9. The van der Waals surface area contributed by atoms with Gasteiger partial charge in [-0.15, -0.1) is 0 Å². The van der Waals surface area contributed by atoms with E-state index in [1.165, 1.54) is 5.57 Å². The normalized spacial score (nSPS) is 43.1. The number of ether oxygens (including phenoxy) is 1. The minimum atomic E-state index is -0.275. The number of Topliss-reactive ketones (excluding diaryl/α,β-unsaturated/α-hetero) is 1. The number of hydrogen-bond acceptors (Lipinski definition) is 3. The first-order chi connectivity index (χ1) is 8.40. The van der Waals surface area contributed by atoms with Crippen LogP contribution in [0.1, 0.15) is 33.1 Å². The molecule has 3 heteroatoms. The summed E-state index contributed by atoms with van der Waals surface area (Å²) >= 11 is 0. The van der Waals surface area contributed by atoms with Gasteiger partial charge in [0.05, 0.1) is 0 Å². The van der Waals surface area contributed by atoms with E-state index in [-0.39, 0.29) is 29.3 Å². The Morgan fingerprint density at radius 2 is 2.17 bits per heavy atom. The zero-order chi connectivity index (χ0) is 13.1. The molecule has 0 aromatic carbocycles. The van der Waals surface area contributed by atoms with Gasteiger partial charge in [0.2, 0.25) is 0 Å². The SMILES string of the molecule is C=C1C(=O)OC2CC3(C)CC(=O)CC(C)C3=CC12. The highest BCUT2D eigenvalue weighted by atomic mass is 16.6. The smallest absolute Gasteiger partial charge is 0.334 e. The van der Waals surface area contributed by atoms with E-state index in [1.54, 1.807) is 0 Å². The third-order valence-corrected chi connectivity index (χ3v) is 4.68. The third kappa shape index (κ3) is 1.49. The Labute approximate surface area is 107 Å². The van der Waals surface area contributed by atoms with Crippen LogP contribution in [0.3, 0.4) is 0 Å². The van der Waals surface area contributed by atoms with Gasteiger partial charge in [0.1, 0.15) is 11.9 Å². The molecule has 1 heterocycles. The Morgan fingerprint density at radius 3 is 2.89 bits per heavy atom. The number of allylic oxidation sites excluding steroid dienone is 1. The topological polar surface area (TPSA) is 43.4 Å². The van der Waals surface area contributed by atoms with Crippen molar-refractivity contribution in [1.29, 1.82) is 0 Å². The zero-order valence-corrected chi connectivity index (χ0v) is 10.9. The molecular formula is C15H18O3. The molecule has 0 amide bonds. The summed E-state index contributed by atoms with van der Waals surface area (Å²) in [5, 5.41) is 0. The summed E-state index contributed by atoms with van der Waals surface area (Å²) in [4.78, 5) is 23.4. The van der Waals surface area contributed by atoms with Gasteiger partial charge in [0.25, 0.3) is 0 Å². The maximum atomic E-state index is 11.8. The largest absolute Gasteiger partial charge is 0.458 e. The highest BCUT2D eigenvalue weighted by molar-refractivity contribution is 5.91. The molecule has 0 aromatic heterocycles. The number of rotatable bonds is 0. The highest BCUT2D eigenvalue weighted by Crippen LogP contribution is 2.52. The number of esters is 1. The first kappa shape index (κ1) is 11.7. The van der Waals surface area contributed by atoms with Crippen molar-refractivity contribution < 1.29 is 14.3 Å². The van der Waals surface area contributed by atoms with Gasteiger partial charge in [-0.25, -0.2) is 4.79 Å². The molecule has 4 atom stereocenters. The highest BCUT2D eigenvalue weighted by Gasteiger charge is 2.50. The molecule has 3 rings (SSSR count). The summed E-state index contributed by atoms with van der Waals surface area (Å²) in [7, 11) is 0. The maximum Gasteiger partial charge on any atom is 0.334 e. The van der Waals surface area contributed by atoms with Crippen molar-refractivity contribution in [3.05, 3.63) is 23.8 Å². The summed E-state index contributed by atoms with van der Waals surface area (Å²) in [5.74, 6) is 0.351. The van der Waals surface area contributed by atoms with Gasteiger partial charge in [-0.3, -0.25) is 4.79 Å². The molecule has 0 spiro atoms. The van der Waals surface area contributed by atoms with E-state index in [0.717, 1.165) is 6.42 Å². The standard InChI is InChI=1S/C15H18O3/c1-8-4-10(16)6-15(3)7-13-11(5-12(8)15)9(2)14(17)18-13/h5,8,11,13H,2,4,6-7H2,1,3H3. The van der Waals surface area contributed by atoms with Crippen LogP contribution in [0.15, 0.2) is 23.8 Å². The summed E-state index contributed by atoms with van der Waals surface area (Å²) < 4.78 is 5.37. The van der Waals surface area contributed by atoms with Crippen LogP contribution in [-0.2, 0) is 14.3 Å². The van der Waals surface area contributed by atoms with Crippen LogP contribution < -0.4 is 0 Å². The summed E-state index contributed by atoms with van der Waals surface area (Å²) in [6.07, 6.45) is 4.00. The minimum Gasteiger partial charge on any atom is -0.458 e. The van der Waals surface area contributed by atoms with Crippen molar-refractivity contribution in [1.82, 2.24) is 0 Å². The van der Waals surface area contributed by atoms with E-state index in [0.29, 0.717) is 24.2 Å². The van der Waals surface area contributed by atoms with Gasteiger partial charge in [-0.1, -0.05) is 32.1 Å². The molecule has 1 aliphatic heterocycles. The summed E-state index contributed by atoms with van der Waals surface area (Å²) in [5.41, 5.74) is 1.77. The van der Waals surface area contributed by atoms with Crippen LogP contribution in [0, 0.1) is 17.3 Å². The third-order valence-electron chi connectivity index (χ3n) is 4.68. The molecule has 1 saturated carbocycles. The summed E-state index contributed by atoms with van der Waals surface area (Å²) in [6.45, 7) is 8.06. The van der Waals surface area contributed by atoms with Gasteiger partial charge >= 0.3 is 5.97 Å². The second-order valence-electron chi connectivity index (χ2n) is 6.20. The number of fused-ring (bicyclic) bond motifs is 2. The fourth-order valence-electron chi connectivity index (χ4n) is 3.87. The van der Waals surface area contributed by atoms with Crippen molar-refractivity contribution in [2.24, 2.45) is 17.3 Å². The fourth-order valence-corrected chi connectivity index (χ4v) is 3.87. The van der Waals surface area contributed by atoms with Crippen molar-refractivity contribution >= 4 is 11.8 Å². The van der Waals surface area contributed by atoms with E-state index in [9.17, 15) is 9.59 Å². The Balaban J connectivity index is 2.03. The Kier molecular flexibility index (Phi) is 2.31. The van der Waals surface area contributed by atoms with Crippen molar-refractivity contribution in [3.8, 4) is 0 Å². The van der Waals surface area contributed by atoms with Crippen LogP contribution in [0.2, 0.25) is 0 Å². The first-order valence-electron chi connectivity index (χ1n) is 6.54. The maximum absolute atomic E-state index is 11.8. The molecule has 96 valence electrons. The van der Waals surface area contributed by atoms with Crippen LogP contribution in [0.25, 0.3) is 0 Å². The average Bonchev–Trinajstić information content (AvgIpc) is 2.50. The molecule has 0 radical (unpaired) electrons. The van der Waals surface area contributed by atoms with Crippen molar-refractivity contribution in [2.75, 3.05) is 0 Å². The molecule has 18 heavy (non-hydrogen) atoms. The Morgan fingerprint density at radius 1 is 1.44 bits per heavy atom. The number of carbonyl (C=O) groups excluding carboxylic acids is 2. The van der Waals surface area contributed by atoms with Crippen LogP contribution >= 0.6 is 0 Å². The summed E-state index contributed by atoms with van der Waals surface area (Å²) in [6, 6.07) is 0. The quantitative estimate of drug-likeness (QED) is 0.374. The molecule has 2 fully saturated rings. The molecule has 0 aromatic rings. The van der Waals surface area contributed by atoms with Gasteiger partial charge < -0.3 is 4.74 Å². The first-order valence-corrected chi connectivity index (χ1v) is 6.54. The second kappa shape index (κ2) is 3.56. The molecule has 0 bridgehead atoms. The Hall–Kier alpha value is -1.38. The van der Waals surface area contributed by atoms with E-state index < -0.39 is 0 Å². The monoisotopic (exact) mass is 246 g/mol. The van der Waals surface area contributed by atoms with E-state index in [1.807, 2.05) is 0 Å². The predicted molar refractivity (Wildman–Crippen MR) is 66.7 cm³/mol. The number of ketones is 1. The van der Waals surface area contributed by atoms with Crippen molar-refractivity contribution in [3.63, 3.8) is 0 Å². The predicted octanol–water partition coefficient (Wildman–Crippen LogP) is 2.42. The molecule has 2 aliphatic carbocycles. The lowest BCUT2D eigenvalue weighted by Crippen LogP contribution is -2.40. The lowest BCUT2D eigenvalue weighted by molar-refractivity contribution is -0.140. The van der Waals surface area contributed by atoms with Gasteiger partial charge in [-0.05, 0) is 17.8 Å². The lowest BCUT2D eigenvalue weighted by atomic mass is 9.60. The number of hydrogen-bond donors (Lipinski definition) is 0. The fraction of sp³-hybridized carbons (Fsp3) is 0.600. The van der Waals surface area contributed by atoms with Crippen LogP contribution in [-0.4, -0.2) is 17.9 Å². The molecular weight excluding hydrogens is 228 g/mol. The molecule has 1 saturated heterocycles. The second-order valence-corrected chi connectivity index (χ2v) is 6.20. The minimum absolute atomic E-state index is 0.0243. The van der Waals surface area contributed by atoms with E-state index >= 15 is 0 Å². The van der Waals surface area contributed by atoms with Gasteiger partial charge in [0.15, 0.2) is 0 Å². The van der Waals surface area contributed by atoms with Crippen LogP contribution in [0.4, 0.5) is 0 Å². The number of carbonyl (C=O) groups is 2. The molecule has 3 nitrogen and oxygen atoms in total. The lowest BCUT2D eigenvalue weighted by Gasteiger charge is -2.44. The molecule has 4 unspecified atom stereocenters. The average molecular weight is 246 g/mol. The van der Waals surface area contributed by atoms with E-state index in [2.05, 4.69) is 26.5 Å². The van der Waals surface area contributed by atoms with Crippen LogP contribution in [0.5, 0.6) is 0 Å². The van der Waals surface area contributed by atoms with E-state index in [4.69, 9.17) is 4.74 Å².